The van der Waals surface area contributed by atoms with E-state index in [9.17, 15) is 4.39 Å². The van der Waals surface area contributed by atoms with Crippen molar-refractivity contribution in [3.63, 3.8) is 0 Å². The lowest BCUT2D eigenvalue weighted by atomic mass is 9.93. The molecule has 0 spiro atoms. The Bertz CT molecular complexity index is 1820. The number of aryl methyl sites for hydroxylation is 3. The predicted octanol–water partition coefficient (Wildman–Crippen LogP) is 7.73. The number of para-hydroxylation sites is 3. The number of aliphatic imine (C=N–C) groups is 2. The molecule has 0 fully saturated rings. The number of halogens is 1. The van der Waals surface area contributed by atoms with Gasteiger partial charge in [-0.2, -0.15) is 5.10 Å². The molecular weight excluding hydrogens is 499 g/mol. The summed E-state index contributed by atoms with van der Waals surface area (Å²) in [4.78, 5) is 12.5. The van der Waals surface area contributed by atoms with Crippen molar-refractivity contribution in [2.75, 3.05) is 10.2 Å². The molecule has 7 heteroatoms. The Labute approximate surface area is 232 Å². The van der Waals surface area contributed by atoms with Crippen LogP contribution in [-0.4, -0.2) is 21.5 Å². The van der Waals surface area contributed by atoms with E-state index in [2.05, 4.69) is 48.3 Å². The third kappa shape index (κ3) is 3.90. The molecule has 4 aromatic carbocycles. The average Bonchev–Trinajstić information content (AvgIpc) is 3.31. The van der Waals surface area contributed by atoms with Gasteiger partial charge in [0.05, 0.1) is 28.8 Å². The van der Waals surface area contributed by atoms with Crippen LogP contribution >= 0.6 is 0 Å². The first-order chi connectivity index (χ1) is 19.5. The number of hydrogen-bond acceptors (Lipinski definition) is 5. The van der Waals surface area contributed by atoms with Crippen LogP contribution in [0.1, 0.15) is 34.0 Å². The number of rotatable bonds is 3. The van der Waals surface area contributed by atoms with Crippen LogP contribution < -0.4 is 10.2 Å². The SMILES string of the molecule is Cc1ccc(NC2=Nc3ccccc3N3C2=Nc2c(c(C)nn2-c2ccccc2)[C@@H]3c2ccc(F)cc2)cc1C. The zero-order valence-electron chi connectivity index (χ0n) is 22.4. The van der Waals surface area contributed by atoms with Gasteiger partial charge in [-0.25, -0.2) is 19.1 Å². The van der Waals surface area contributed by atoms with Crippen molar-refractivity contribution in [1.82, 2.24) is 9.78 Å². The highest BCUT2D eigenvalue weighted by molar-refractivity contribution is 6.51. The molecule has 0 aliphatic carbocycles. The Morgan fingerprint density at radius 3 is 2.30 bits per heavy atom. The van der Waals surface area contributed by atoms with Gasteiger partial charge < -0.3 is 10.2 Å². The summed E-state index contributed by atoms with van der Waals surface area (Å²) in [5.74, 6) is 1.77. The largest absolute Gasteiger partial charge is 0.337 e. The van der Waals surface area contributed by atoms with Gasteiger partial charge in [-0.1, -0.05) is 48.5 Å². The minimum Gasteiger partial charge on any atom is -0.337 e. The van der Waals surface area contributed by atoms with Gasteiger partial charge >= 0.3 is 0 Å². The summed E-state index contributed by atoms with van der Waals surface area (Å²) in [5, 5.41) is 8.50. The van der Waals surface area contributed by atoms with Crippen molar-refractivity contribution >= 4 is 34.6 Å². The van der Waals surface area contributed by atoms with E-state index in [0.29, 0.717) is 11.7 Å². The van der Waals surface area contributed by atoms with Crippen LogP contribution in [0.15, 0.2) is 107 Å². The van der Waals surface area contributed by atoms with Gasteiger partial charge in [-0.15, -0.1) is 0 Å². The Morgan fingerprint density at radius 1 is 0.775 bits per heavy atom. The maximum Gasteiger partial charge on any atom is 0.179 e. The Balaban J connectivity index is 1.49. The van der Waals surface area contributed by atoms with Gasteiger partial charge in [0.25, 0.3) is 0 Å². The summed E-state index contributed by atoms with van der Waals surface area (Å²) in [6.45, 7) is 6.21. The second-order valence-corrected chi connectivity index (χ2v) is 10.2. The van der Waals surface area contributed by atoms with Gasteiger partial charge in [0.15, 0.2) is 17.5 Å². The van der Waals surface area contributed by atoms with Crippen molar-refractivity contribution in [2.45, 2.75) is 26.8 Å². The first-order valence-electron chi connectivity index (χ1n) is 13.3. The highest BCUT2D eigenvalue weighted by Crippen LogP contribution is 2.48. The number of hydrogen-bond donors (Lipinski definition) is 1. The standard InChI is InChI=1S/C33H27FN6/c1-20-13-18-25(19-21(20)2)35-31-33-37-32-29(22(3)38-40(32)26-9-5-4-6-10-26)30(23-14-16-24(34)17-15-23)39(33)28-12-8-7-11-27(28)36-31/h4-19,30H,1-3H3,(H,35,36)/t30-/m0/s1. The van der Waals surface area contributed by atoms with Gasteiger partial charge in [-0.3, -0.25) is 0 Å². The molecule has 1 N–H and O–H groups in total. The minimum atomic E-state index is -0.297. The molecule has 40 heavy (non-hydrogen) atoms. The van der Waals surface area contributed by atoms with Crippen LogP contribution in [0.3, 0.4) is 0 Å². The maximum atomic E-state index is 14.1. The van der Waals surface area contributed by atoms with E-state index in [0.717, 1.165) is 45.4 Å². The third-order valence-electron chi connectivity index (χ3n) is 7.59. The van der Waals surface area contributed by atoms with Gasteiger partial charge in [0.1, 0.15) is 5.82 Å². The number of nitrogens with zero attached hydrogens (tertiary/aromatic N) is 5. The number of aromatic nitrogens is 2. The monoisotopic (exact) mass is 526 g/mol. The Kier molecular flexibility index (Phi) is 5.59. The smallest absolute Gasteiger partial charge is 0.179 e. The molecule has 1 aromatic heterocycles. The van der Waals surface area contributed by atoms with Crippen LogP contribution in [0.2, 0.25) is 0 Å². The van der Waals surface area contributed by atoms with Crippen molar-refractivity contribution in [1.29, 1.82) is 0 Å². The Hall–Kier alpha value is -5.04. The van der Waals surface area contributed by atoms with Gasteiger partial charge in [0, 0.05) is 11.3 Å². The first kappa shape index (κ1) is 24.0. The summed E-state index contributed by atoms with van der Waals surface area (Å²) in [6, 6.07) is 30.7. The number of benzene rings is 4. The van der Waals surface area contributed by atoms with Crippen LogP contribution in [0, 0.1) is 26.6 Å². The van der Waals surface area contributed by atoms with Crippen LogP contribution in [0.25, 0.3) is 5.69 Å². The molecule has 0 bridgehead atoms. The van der Waals surface area contributed by atoms with E-state index in [1.54, 1.807) is 0 Å². The number of fused-ring (bicyclic) bond motifs is 4. The molecule has 6 nitrogen and oxygen atoms in total. The molecular formula is C33H27FN6. The molecule has 7 rings (SSSR count). The predicted molar refractivity (Wildman–Crippen MR) is 159 cm³/mol. The van der Waals surface area contributed by atoms with Crippen molar-refractivity contribution in [3.05, 3.63) is 131 Å². The Morgan fingerprint density at radius 2 is 1.52 bits per heavy atom. The van der Waals surface area contributed by atoms with Crippen LogP contribution in [-0.2, 0) is 0 Å². The summed E-state index contributed by atoms with van der Waals surface area (Å²) >= 11 is 0. The van der Waals surface area contributed by atoms with Gasteiger partial charge in [0.2, 0.25) is 0 Å². The van der Waals surface area contributed by atoms with E-state index in [-0.39, 0.29) is 11.9 Å². The topological polar surface area (TPSA) is 57.8 Å². The minimum absolute atomic E-state index is 0.275. The molecule has 0 unspecified atom stereocenters. The first-order valence-corrected chi connectivity index (χ1v) is 13.3. The molecule has 2 aliphatic rings. The molecule has 5 aromatic rings. The molecule has 1 atom stereocenters. The summed E-state index contributed by atoms with van der Waals surface area (Å²) < 4.78 is 16.0. The lowest BCUT2D eigenvalue weighted by Crippen LogP contribution is -2.46. The molecule has 0 saturated heterocycles. The van der Waals surface area contributed by atoms with E-state index in [1.807, 2.05) is 72.3 Å². The number of amidine groups is 2. The van der Waals surface area contributed by atoms with E-state index < -0.39 is 0 Å². The molecule has 0 amide bonds. The van der Waals surface area contributed by atoms with Crippen molar-refractivity contribution in [3.8, 4) is 5.69 Å². The highest BCUT2D eigenvalue weighted by atomic mass is 19.1. The zero-order chi connectivity index (χ0) is 27.4. The lowest BCUT2D eigenvalue weighted by molar-refractivity contribution is 0.626. The van der Waals surface area contributed by atoms with Gasteiger partial charge in [-0.05, 0) is 86.0 Å². The second kappa shape index (κ2) is 9.31. The molecule has 2 aliphatic heterocycles. The average molecular weight is 527 g/mol. The van der Waals surface area contributed by atoms with Crippen LogP contribution in [0.4, 0.5) is 27.3 Å². The van der Waals surface area contributed by atoms with E-state index in [1.165, 1.54) is 23.3 Å². The number of nitrogens with one attached hydrogen (secondary N) is 1. The lowest BCUT2D eigenvalue weighted by Gasteiger charge is -2.40. The number of anilines is 2. The molecule has 0 radical (unpaired) electrons. The third-order valence-corrected chi connectivity index (χ3v) is 7.59. The van der Waals surface area contributed by atoms with Crippen molar-refractivity contribution < 1.29 is 4.39 Å². The van der Waals surface area contributed by atoms with E-state index >= 15 is 0 Å². The quantitative estimate of drug-likeness (QED) is 0.262. The summed E-state index contributed by atoms with van der Waals surface area (Å²) in [7, 11) is 0. The van der Waals surface area contributed by atoms with E-state index in [4.69, 9.17) is 15.1 Å². The fraction of sp³-hybridized carbons (Fsp3) is 0.121. The zero-order valence-corrected chi connectivity index (χ0v) is 22.4. The second-order valence-electron chi connectivity index (χ2n) is 10.2. The fourth-order valence-corrected chi connectivity index (χ4v) is 5.46. The molecule has 0 saturated carbocycles. The molecule has 196 valence electrons. The van der Waals surface area contributed by atoms with Crippen molar-refractivity contribution in [2.24, 2.45) is 9.98 Å². The summed E-state index contributed by atoms with van der Waals surface area (Å²) in [5.41, 5.74) is 8.79. The van der Waals surface area contributed by atoms with Crippen LogP contribution in [0.5, 0.6) is 0 Å². The fourth-order valence-electron chi connectivity index (χ4n) is 5.46. The highest BCUT2D eigenvalue weighted by Gasteiger charge is 2.41. The normalized spacial score (nSPS) is 15.5. The summed E-state index contributed by atoms with van der Waals surface area (Å²) in [6.07, 6.45) is 0. The maximum absolute atomic E-state index is 14.1. The molecule has 3 heterocycles.